The second-order valence-electron chi connectivity index (χ2n) is 5.62. The van der Waals surface area contributed by atoms with E-state index in [2.05, 4.69) is 31.2 Å². The molecule has 4 rings (SSSR count). The number of hydrogen-bond donors (Lipinski definition) is 2. The Morgan fingerprint density at radius 2 is 2.08 bits per heavy atom. The number of nitrogens with one attached hydrogen (secondary N) is 2. The van der Waals surface area contributed by atoms with Crippen LogP contribution in [0.3, 0.4) is 0 Å². The molecule has 2 N–H and O–H groups in total. The maximum Gasteiger partial charge on any atom is 0.261 e. The third-order valence-corrected chi connectivity index (χ3v) is 4.42. The van der Waals surface area contributed by atoms with Crippen LogP contribution in [0.25, 0.3) is 22.2 Å². The van der Waals surface area contributed by atoms with Gasteiger partial charge in [-0.2, -0.15) is 0 Å². The number of amides is 1. The van der Waals surface area contributed by atoms with Crippen molar-refractivity contribution < 1.29 is 9.21 Å². The summed E-state index contributed by atoms with van der Waals surface area (Å²) in [5.74, 6) is 0.109. The molecule has 0 saturated heterocycles. The minimum atomic E-state index is -0.483. The van der Waals surface area contributed by atoms with Crippen LogP contribution >= 0.6 is 15.9 Å². The van der Waals surface area contributed by atoms with E-state index < -0.39 is 5.91 Å². The molecule has 0 unspecified atom stereocenters. The zero-order valence-corrected chi connectivity index (χ0v) is 14.9. The van der Waals surface area contributed by atoms with Gasteiger partial charge in [-0.15, -0.1) is 0 Å². The minimum Gasteiger partial charge on any atom is -0.444 e. The number of carbonyl (C=O) groups is 1. The average molecular weight is 410 g/mol. The van der Waals surface area contributed by atoms with E-state index in [4.69, 9.17) is 4.42 Å². The van der Waals surface area contributed by atoms with Crippen molar-refractivity contribution >= 4 is 38.4 Å². The molecule has 2 heterocycles. The van der Waals surface area contributed by atoms with Crippen molar-refractivity contribution in [3.63, 3.8) is 0 Å². The van der Waals surface area contributed by atoms with Crippen LogP contribution in [0, 0.1) is 0 Å². The van der Waals surface area contributed by atoms with E-state index in [-0.39, 0.29) is 11.0 Å². The van der Waals surface area contributed by atoms with Gasteiger partial charge in [0.2, 0.25) is 5.43 Å². The summed E-state index contributed by atoms with van der Waals surface area (Å²) in [6, 6.07) is 12.4. The number of oxazole rings is 1. The van der Waals surface area contributed by atoms with Crippen LogP contribution in [0.15, 0.2) is 74.9 Å². The number of halogens is 1. The van der Waals surface area contributed by atoms with Crippen LogP contribution in [0.4, 0.5) is 5.69 Å². The summed E-state index contributed by atoms with van der Waals surface area (Å²) in [5, 5.41) is 3.19. The standard InChI is InChI=1S/C19H12BrN3O3/c20-12-4-5-16-14(7-12)18(24)15(8-22-16)19(25)23-13-3-1-2-11(6-13)17-9-21-10-26-17/h1-10H,(H,22,24)(H,23,25). The maximum atomic E-state index is 12.6. The summed E-state index contributed by atoms with van der Waals surface area (Å²) >= 11 is 3.34. The molecule has 6 nitrogen and oxygen atoms in total. The van der Waals surface area contributed by atoms with Crippen molar-refractivity contribution in [1.29, 1.82) is 0 Å². The van der Waals surface area contributed by atoms with Gasteiger partial charge in [-0.3, -0.25) is 9.59 Å². The van der Waals surface area contributed by atoms with E-state index in [9.17, 15) is 9.59 Å². The lowest BCUT2D eigenvalue weighted by Crippen LogP contribution is -2.21. The number of nitrogens with zero attached hydrogens (tertiary/aromatic N) is 1. The Bertz CT molecular complexity index is 1170. The first-order valence-corrected chi connectivity index (χ1v) is 8.52. The van der Waals surface area contributed by atoms with Crippen LogP contribution in [-0.4, -0.2) is 15.9 Å². The number of aromatic nitrogens is 2. The Hall–Kier alpha value is -3.19. The molecule has 0 aliphatic rings. The number of fused-ring (bicyclic) bond motifs is 1. The van der Waals surface area contributed by atoms with Crippen molar-refractivity contribution in [1.82, 2.24) is 9.97 Å². The smallest absolute Gasteiger partial charge is 0.261 e. The van der Waals surface area contributed by atoms with Gasteiger partial charge in [-0.05, 0) is 30.3 Å². The Labute approximate surface area is 156 Å². The van der Waals surface area contributed by atoms with Crippen molar-refractivity contribution in [2.45, 2.75) is 0 Å². The molecule has 0 saturated carbocycles. The van der Waals surface area contributed by atoms with Gasteiger partial charge in [0.15, 0.2) is 12.2 Å². The topological polar surface area (TPSA) is 88.0 Å². The van der Waals surface area contributed by atoms with Crippen LogP contribution in [0.5, 0.6) is 0 Å². The average Bonchev–Trinajstić information content (AvgIpc) is 3.17. The van der Waals surface area contributed by atoms with Crippen molar-refractivity contribution in [2.75, 3.05) is 5.32 Å². The predicted octanol–water partition coefficient (Wildman–Crippen LogP) is 4.20. The second-order valence-corrected chi connectivity index (χ2v) is 6.54. The van der Waals surface area contributed by atoms with Gasteiger partial charge in [0.1, 0.15) is 5.56 Å². The lowest BCUT2D eigenvalue weighted by Gasteiger charge is -2.07. The Kier molecular flexibility index (Phi) is 4.14. The molecule has 7 heteroatoms. The van der Waals surface area contributed by atoms with E-state index in [1.54, 1.807) is 36.5 Å². The van der Waals surface area contributed by atoms with Gasteiger partial charge in [-0.1, -0.05) is 28.1 Å². The quantitative estimate of drug-likeness (QED) is 0.530. The Morgan fingerprint density at radius 1 is 1.19 bits per heavy atom. The summed E-state index contributed by atoms with van der Waals surface area (Å²) < 4.78 is 6.03. The molecule has 0 fully saturated rings. The summed E-state index contributed by atoms with van der Waals surface area (Å²) in [6.45, 7) is 0. The molecule has 2 aromatic carbocycles. The monoisotopic (exact) mass is 409 g/mol. The SMILES string of the molecule is O=C(Nc1cccc(-c2cnco2)c1)c1c[nH]c2ccc(Br)cc2c1=O. The number of carbonyl (C=O) groups excluding carboxylic acids is 1. The zero-order chi connectivity index (χ0) is 18.1. The van der Waals surface area contributed by atoms with Crippen LogP contribution in [-0.2, 0) is 0 Å². The first-order valence-electron chi connectivity index (χ1n) is 7.73. The van der Waals surface area contributed by atoms with Crippen molar-refractivity contribution in [2.24, 2.45) is 0 Å². The number of anilines is 1. The fraction of sp³-hybridized carbons (Fsp3) is 0. The van der Waals surface area contributed by atoms with Gasteiger partial charge in [0.05, 0.1) is 6.20 Å². The van der Waals surface area contributed by atoms with Crippen LogP contribution in [0.1, 0.15) is 10.4 Å². The number of hydrogen-bond acceptors (Lipinski definition) is 4. The van der Waals surface area contributed by atoms with Crippen LogP contribution < -0.4 is 10.7 Å². The van der Waals surface area contributed by atoms with Gasteiger partial charge in [0.25, 0.3) is 5.91 Å². The molecule has 0 radical (unpaired) electrons. The molecule has 0 bridgehead atoms. The van der Waals surface area contributed by atoms with E-state index in [0.29, 0.717) is 22.4 Å². The highest BCUT2D eigenvalue weighted by Crippen LogP contribution is 2.22. The summed E-state index contributed by atoms with van der Waals surface area (Å²) in [7, 11) is 0. The summed E-state index contributed by atoms with van der Waals surface area (Å²) in [5.41, 5.74) is 1.71. The molecule has 26 heavy (non-hydrogen) atoms. The second kappa shape index (κ2) is 6.61. The normalized spacial score (nSPS) is 10.8. The first-order chi connectivity index (χ1) is 12.6. The fourth-order valence-corrected chi connectivity index (χ4v) is 3.03. The molecule has 0 atom stereocenters. The number of rotatable bonds is 3. The minimum absolute atomic E-state index is 0.0423. The molecule has 0 aliphatic carbocycles. The molecular weight excluding hydrogens is 398 g/mol. The molecule has 2 aromatic heterocycles. The lowest BCUT2D eigenvalue weighted by atomic mass is 10.1. The van der Waals surface area contributed by atoms with E-state index in [1.165, 1.54) is 12.6 Å². The van der Waals surface area contributed by atoms with Crippen LogP contribution in [0.2, 0.25) is 0 Å². The third-order valence-electron chi connectivity index (χ3n) is 3.92. The van der Waals surface area contributed by atoms with Gasteiger partial charge < -0.3 is 14.7 Å². The molecule has 1 amide bonds. The lowest BCUT2D eigenvalue weighted by molar-refractivity contribution is 0.102. The van der Waals surface area contributed by atoms with Crippen molar-refractivity contribution in [3.8, 4) is 11.3 Å². The number of benzene rings is 2. The molecule has 128 valence electrons. The first kappa shape index (κ1) is 16.3. The Morgan fingerprint density at radius 3 is 2.88 bits per heavy atom. The molecule has 0 aliphatic heterocycles. The fourth-order valence-electron chi connectivity index (χ4n) is 2.67. The maximum absolute atomic E-state index is 12.6. The summed E-state index contributed by atoms with van der Waals surface area (Å²) in [6.07, 6.45) is 4.36. The molecule has 4 aromatic rings. The summed E-state index contributed by atoms with van der Waals surface area (Å²) in [4.78, 5) is 32.1. The van der Waals surface area contributed by atoms with Crippen molar-refractivity contribution in [3.05, 3.63) is 81.5 Å². The Balaban J connectivity index is 1.67. The number of pyridine rings is 1. The van der Waals surface area contributed by atoms with E-state index in [0.717, 1.165) is 10.0 Å². The van der Waals surface area contributed by atoms with Gasteiger partial charge in [0, 0.05) is 32.8 Å². The van der Waals surface area contributed by atoms with Gasteiger partial charge >= 0.3 is 0 Å². The third kappa shape index (κ3) is 3.04. The number of aromatic amines is 1. The molecule has 0 spiro atoms. The van der Waals surface area contributed by atoms with E-state index in [1.807, 2.05) is 12.1 Å². The highest BCUT2D eigenvalue weighted by Gasteiger charge is 2.14. The molecular formula is C19H12BrN3O3. The highest BCUT2D eigenvalue weighted by atomic mass is 79.9. The van der Waals surface area contributed by atoms with Gasteiger partial charge in [-0.25, -0.2) is 4.98 Å². The zero-order valence-electron chi connectivity index (χ0n) is 13.3. The highest BCUT2D eigenvalue weighted by molar-refractivity contribution is 9.10. The van der Waals surface area contributed by atoms with E-state index >= 15 is 0 Å². The number of H-pyrrole nitrogens is 1. The predicted molar refractivity (Wildman–Crippen MR) is 102 cm³/mol. The largest absolute Gasteiger partial charge is 0.444 e.